The number of primary amides is 1. The van der Waals surface area contributed by atoms with Crippen LogP contribution in [0.4, 0.5) is 16.6 Å². The number of anilines is 3. The lowest BCUT2D eigenvalue weighted by atomic mass is 10.3. The van der Waals surface area contributed by atoms with Gasteiger partial charge in [0, 0.05) is 11.5 Å². The number of pyridine rings is 1. The molecule has 88 valence electrons. The van der Waals surface area contributed by atoms with Gasteiger partial charge in [-0.05, 0) is 19.1 Å². The Hall–Kier alpha value is -2.22. The highest BCUT2D eigenvalue weighted by molar-refractivity contribution is 7.09. The highest BCUT2D eigenvalue weighted by atomic mass is 32.1. The fraction of sp³-hybridized carbons (Fsp3) is 0.111. The second-order valence-electron chi connectivity index (χ2n) is 3.27. The van der Waals surface area contributed by atoms with Crippen LogP contribution in [-0.4, -0.2) is 20.2 Å². The lowest BCUT2D eigenvalue weighted by molar-refractivity contribution is 0.0996. The van der Waals surface area contributed by atoms with Crippen LogP contribution in [0.15, 0.2) is 12.1 Å². The largest absolute Gasteiger partial charge is 0.396 e. The monoisotopic (exact) mass is 250 g/mol. The minimum Gasteiger partial charge on any atom is -0.396 e. The molecule has 0 aliphatic heterocycles. The zero-order valence-corrected chi connectivity index (χ0v) is 9.78. The summed E-state index contributed by atoms with van der Waals surface area (Å²) in [5.74, 6) is 0.390. The first-order valence-corrected chi connectivity index (χ1v) is 5.47. The second kappa shape index (κ2) is 4.34. The first-order valence-electron chi connectivity index (χ1n) is 4.70. The van der Waals surface area contributed by atoms with E-state index in [9.17, 15) is 4.79 Å². The predicted molar refractivity (Wildman–Crippen MR) is 65.1 cm³/mol. The smallest absolute Gasteiger partial charge is 0.267 e. The third-order valence-corrected chi connectivity index (χ3v) is 2.65. The van der Waals surface area contributed by atoms with Crippen LogP contribution in [0, 0.1) is 6.92 Å². The van der Waals surface area contributed by atoms with E-state index in [-0.39, 0.29) is 5.69 Å². The van der Waals surface area contributed by atoms with E-state index in [1.165, 1.54) is 17.6 Å². The summed E-state index contributed by atoms with van der Waals surface area (Å²) in [6.07, 6.45) is 0. The van der Waals surface area contributed by atoms with E-state index in [0.717, 1.165) is 0 Å². The van der Waals surface area contributed by atoms with Crippen LogP contribution in [0.1, 0.15) is 16.3 Å². The van der Waals surface area contributed by atoms with Crippen LogP contribution in [-0.2, 0) is 0 Å². The molecule has 2 aromatic heterocycles. The Morgan fingerprint density at radius 3 is 2.76 bits per heavy atom. The fourth-order valence-corrected chi connectivity index (χ4v) is 1.73. The predicted octanol–water partition coefficient (Wildman–Crippen LogP) is 0.666. The van der Waals surface area contributed by atoms with Crippen LogP contribution in [0.5, 0.6) is 0 Å². The number of hydrogen-bond donors (Lipinski definition) is 3. The molecule has 0 fully saturated rings. The number of carbonyl (C=O) groups excluding carboxylic acids is 1. The van der Waals surface area contributed by atoms with E-state index in [0.29, 0.717) is 22.5 Å². The molecule has 2 aromatic rings. The number of hydrogen-bond acceptors (Lipinski definition) is 7. The van der Waals surface area contributed by atoms with E-state index in [4.69, 9.17) is 11.5 Å². The minimum absolute atomic E-state index is 0.142. The first-order chi connectivity index (χ1) is 8.06. The van der Waals surface area contributed by atoms with Gasteiger partial charge in [0.1, 0.15) is 11.5 Å². The molecule has 0 spiro atoms. The number of rotatable bonds is 3. The minimum atomic E-state index is -0.610. The average molecular weight is 250 g/mol. The SMILES string of the molecule is Cc1nsc(Nc2nc(C(N)=O)ccc2N)n1. The third kappa shape index (κ3) is 2.48. The lowest BCUT2D eigenvalue weighted by Crippen LogP contribution is -2.14. The summed E-state index contributed by atoms with van der Waals surface area (Å²) < 4.78 is 4.01. The van der Waals surface area contributed by atoms with Gasteiger partial charge in [-0.2, -0.15) is 4.37 Å². The molecule has 2 heterocycles. The number of nitrogens with zero attached hydrogens (tertiary/aromatic N) is 3. The molecule has 0 radical (unpaired) electrons. The van der Waals surface area contributed by atoms with Crippen molar-refractivity contribution in [1.82, 2.24) is 14.3 Å². The molecule has 2 rings (SSSR count). The van der Waals surface area contributed by atoms with Gasteiger partial charge in [0.25, 0.3) is 5.91 Å². The fourth-order valence-electron chi connectivity index (χ4n) is 1.16. The van der Waals surface area contributed by atoms with Gasteiger partial charge in [-0.15, -0.1) is 0 Å². The maximum absolute atomic E-state index is 11.0. The van der Waals surface area contributed by atoms with Crippen molar-refractivity contribution in [3.63, 3.8) is 0 Å². The molecule has 8 heteroatoms. The third-order valence-electron chi connectivity index (χ3n) is 1.93. The van der Waals surface area contributed by atoms with Crippen LogP contribution < -0.4 is 16.8 Å². The molecular formula is C9H10N6OS. The lowest BCUT2D eigenvalue weighted by Gasteiger charge is -2.05. The highest BCUT2D eigenvalue weighted by Crippen LogP contribution is 2.22. The van der Waals surface area contributed by atoms with Crippen molar-refractivity contribution in [1.29, 1.82) is 0 Å². The van der Waals surface area contributed by atoms with Gasteiger partial charge in [0.15, 0.2) is 5.82 Å². The number of nitrogen functional groups attached to an aromatic ring is 1. The molecule has 0 saturated carbocycles. The summed E-state index contributed by atoms with van der Waals surface area (Å²) in [6, 6.07) is 3.03. The van der Waals surface area contributed by atoms with Crippen molar-refractivity contribution < 1.29 is 4.79 Å². The maximum Gasteiger partial charge on any atom is 0.267 e. The summed E-state index contributed by atoms with van der Waals surface area (Å²) >= 11 is 1.18. The van der Waals surface area contributed by atoms with E-state index in [1.807, 2.05) is 0 Å². The van der Waals surface area contributed by atoms with Crippen molar-refractivity contribution in [3.05, 3.63) is 23.7 Å². The number of carbonyl (C=O) groups is 1. The molecule has 0 bridgehead atoms. The van der Waals surface area contributed by atoms with Crippen LogP contribution >= 0.6 is 11.5 Å². The molecule has 0 aromatic carbocycles. The van der Waals surface area contributed by atoms with Crippen LogP contribution in [0.3, 0.4) is 0 Å². The summed E-state index contributed by atoms with van der Waals surface area (Å²) in [4.78, 5) is 19.1. The summed E-state index contributed by atoms with van der Waals surface area (Å²) in [7, 11) is 0. The first kappa shape index (κ1) is 11.3. The number of aromatic nitrogens is 3. The quantitative estimate of drug-likeness (QED) is 0.736. The molecule has 0 unspecified atom stereocenters. The Balaban J connectivity index is 2.31. The Morgan fingerprint density at radius 1 is 1.41 bits per heavy atom. The highest BCUT2D eigenvalue weighted by Gasteiger charge is 2.09. The molecule has 7 nitrogen and oxygen atoms in total. The van der Waals surface area contributed by atoms with Gasteiger partial charge in [0.2, 0.25) is 5.13 Å². The molecule has 5 N–H and O–H groups in total. The topological polar surface area (TPSA) is 120 Å². The standard InChI is InChI=1S/C9H10N6OS/c1-4-12-9(17-15-4)14-8-5(10)2-3-6(13-8)7(11)16/h2-3H,10H2,1H3,(H2,11,16)(H,12,13,14,15). The molecule has 17 heavy (non-hydrogen) atoms. The number of aryl methyl sites for hydroxylation is 1. The Morgan fingerprint density at radius 2 is 2.18 bits per heavy atom. The second-order valence-corrected chi connectivity index (χ2v) is 4.02. The Kier molecular flexibility index (Phi) is 2.88. The summed E-state index contributed by atoms with van der Waals surface area (Å²) in [5.41, 5.74) is 11.4. The van der Waals surface area contributed by atoms with Crippen molar-refractivity contribution in [2.75, 3.05) is 11.1 Å². The molecule has 0 aliphatic carbocycles. The van der Waals surface area contributed by atoms with Gasteiger partial charge >= 0.3 is 0 Å². The molecule has 0 atom stereocenters. The van der Waals surface area contributed by atoms with Gasteiger partial charge in [-0.25, -0.2) is 9.97 Å². The van der Waals surface area contributed by atoms with Gasteiger partial charge in [0.05, 0.1) is 5.69 Å². The number of nitrogens with two attached hydrogens (primary N) is 2. The zero-order chi connectivity index (χ0) is 12.4. The van der Waals surface area contributed by atoms with E-state index < -0.39 is 5.91 Å². The van der Waals surface area contributed by atoms with Crippen LogP contribution in [0.25, 0.3) is 0 Å². The Bertz CT molecular complexity index is 566. The summed E-state index contributed by atoms with van der Waals surface area (Å²) in [5, 5.41) is 3.45. The molecular weight excluding hydrogens is 240 g/mol. The molecule has 0 saturated heterocycles. The van der Waals surface area contributed by atoms with E-state index in [1.54, 1.807) is 13.0 Å². The Labute approximate surface area is 101 Å². The number of nitrogens with one attached hydrogen (secondary N) is 1. The van der Waals surface area contributed by atoms with Crippen molar-refractivity contribution in [3.8, 4) is 0 Å². The maximum atomic E-state index is 11.0. The van der Waals surface area contributed by atoms with Crippen molar-refractivity contribution in [2.24, 2.45) is 5.73 Å². The van der Waals surface area contributed by atoms with Crippen LogP contribution in [0.2, 0.25) is 0 Å². The molecule has 1 amide bonds. The van der Waals surface area contributed by atoms with Gasteiger partial charge < -0.3 is 16.8 Å². The van der Waals surface area contributed by atoms with Crippen molar-refractivity contribution in [2.45, 2.75) is 6.92 Å². The van der Waals surface area contributed by atoms with E-state index >= 15 is 0 Å². The van der Waals surface area contributed by atoms with E-state index in [2.05, 4.69) is 19.7 Å². The van der Waals surface area contributed by atoms with Gasteiger partial charge in [-0.3, -0.25) is 4.79 Å². The average Bonchev–Trinajstić information content (AvgIpc) is 2.67. The van der Waals surface area contributed by atoms with Crippen molar-refractivity contribution >= 4 is 34.1 Å². The normalized spacial score (nSPS) is 10.2. The number of amides is 1. The van der Waals surface area contributed by atoms with Gasteiger partial charge in [-0.1, -0.05) is 0 Å². The molecule has 0 aliphatic rings. The summed E-state index contributed by atoms with van der Waals surface area (Å²) in [6.45, 7) is 1.78. The zero-order valence-electron chi connectivity index (χ0n) is 8.97.